The van der Waals surface area contributed by atoms with Gasteiger partial charge in [0.05, 0.1) is 0 Å². The second kappa shape index (κ2) is 8.26. The number of hydrogen-bond acceptors (Lipinski definition) is 4. The van der Waals surface area contributed by atoms with Gasteiger partial charge in [-0.2, -0.15) is 0 Å². The number of carboxylic acids is 3. The number of carbonyl (C=O) groups is 3. The standard InChI is InChI=1S/C10H14Ge2O7/c1-3-11-10(8(15)16,9(17)18)6(7(13)14)5-19-12-4-2/h5H,3-4H2,1-2H3,(H,13,14)(H,15,16)(H,17,18). The predicted molar refractivity (Wildman–Crippen MR) is 67.2 cm³/mol. The van der Waals surface area contributed by atoms with E-state index in [1.165, 1.54) is 0 Å². The molecule has 0 aliphatic rings. The normalized spacial score (nSPS) is 12.0. The van der Waals surface area contributed by atoms with Gasteiger partial charge in [0.15, 0.2) is 0 Å². The maximum absolute atomic E-state index is 11.3. The second-order valence-corrected chi connectivity index (χ2v) is 9.73. The van der Waals surface area contributed by atoms with Gasteiger partial charge in [-0.3, -0.25) is 0 Å². The van der Waals surface area contributed by atoms with Crippen LogP contribution in [0.25, 0.3) is 0 Å². The van der Waals surface area contributed by atoms with Crippen LogP contribution in [-0.2, 0) is 18.1 Å². The first-order valence-corrected chi connectivity index (χ1v) is 10.3. The fourth-order valence-electron chi connectivity index (χ4n) is 1.32. The Balaban J connectivity index is 5.74. The molecule has 0 bridgehead atoms. The number of rotatable bonds is 9. The third-order valence-electron chi connectivity index (χ3n) is 2.12. The predicted octanol–water partition coefficient (Wildman–Crippen LogP) is 0.499. The Morgan fingerprint density at radius 3 is 1.95 bits per heavy atom. The summed E-state index contributed by atoms with van der Waals surface area (Å²) in [6.07, 6.45) is 0.813. The first-order valence-electron chi connectivity index (χ1n) is 5.38. The zero-order valence-electron chi connectivity index (χ0n) is 10.5. The molecular weight excluding hydrogens is 377 g/mol. The van der Waals surface area contributed by atoms with Crippen LogP contribution in [0.15, 0.2) is 11.8 Å². The van der Waals surface area contributed by atoms with Gasteiger partial charge in [0, 0.05) is 0 Å². The zero-order chi connectivity index (χ0) is 15.1. The van der Waals surface area contributed by atoms with Crippen molar-refractivity contribution in [1.82, 2.24) is 0 Å². The van der Waals surface area contributed by atoms with Gasteiger partial charge in [-0.05, 0) is 0 Å². The van der Waals surface area contributed by atoms with Crippen molar-refractivity contribution >= 4 is 49.1 Å². The van der Waals surface area contributed by atoms with E-state index in [0.29, 0.717) is 5.25 Å². The number of hydrogen-bond donors (Lipinski definition) is 3. The molecule has 0 unspecified atom stereocenters. The van der Waals surface area contributed by atoms with Crippen LogP contribution in [0, 0.1) is 0 Å². The van der Waals surface area contributed by atoms with E-state index in [9.17, 15) is 24.6 Å². The van der Waals surface area contributed by atoms with E-state index in [1.807, 2.05) is 6.92 Å². The quantitative estimate of drug-likeness (QED) is 0.172. The summed E-state index contributed by atoms with van der Waals surface area (Å²) < 4.78 is 2.69. The summed E-state index contributed by atoms with van der Waals surface area (Å²) in [7, 11) is 0. The molecule has 0 aliphatic carbocycles. The summed E-state index contributed by atoms with van der Waals surface area (Å²) in [6.45, 7) is 3.48. The molecule has 4 radical (unpaired) electrons. The van der Waals surface area contributed by atoms with Gasteiger partial charge >= 0.3 is 123 Å². The average Bonchev–Trinajstić information content (AvgIpc) is 2.31. The van der Waals surface area contributed by atoms with Crippen LogP contribution in [-0.4, -0.2) is 64.4 Å². The summed E-state index contributed by atoms with van der Waals surface area (Å²) in [5, 5.41) is 28.6. The Kier molecular flexibility index (Phi) is 7.84. The van der Waals surface area contributed by atoms with E-state index in [-0.39, 0.29) is 0 Å². The van der Waals surface area contributed by atoms with E-state index >= 15 is 0 Å². The third-order valence-corrected chi connectivity index (χ3v) is 6.64. The summed E-state index contributed by atoms with van der Waals surface area (Å²) >= 11 is -2.43. The molecule has 0 rings (SSSR count). The van der Waals surface area contributed by atoms with Gasteiger partial charge in [0.2, 0.25) is 0 Å². The van der Waals surface area contributed by atoms with Crippen LogP contribution in [0.2, 0.25) is 14.8 Å². The van der Waals surface area contributed by atoms with E-state index < -0.39 is 58.9 Å². The van der Waals surface area contributed by atoms with Gasteiger partial charge in [-0.15, -0.1) is 0 Å². The monoisotopic (exact) mass is 394 g/mol. The number of carboxylic acid groups (broad SMARTS) is 3. The minimum atomic E-state index is -2.35. The average molecular weight is 391 g/mol. The molecule has 9 heteroatoms. The van der Waals surface area contributed by atoms with Crippen molar-refractivity contribution in [2.45, 2.75) is 28.6 Å². The molecule has 0 aromatic carbocycles. The molecule has 0 aromatic rings. The van der Waals surface area contributed by atoms with Crippen LogP contribution in [0.4, 0.5) is 0 Å². The molecular formula is C10H14Ge2O7. The Morgan fingerprint density at radius 2 is 1.63 bits per heavy atom. The van der Waals surface area contributed by atoms with Crippen LogP contribution < -0.4 is 0 Å². The summed E-state index contributed by atoms with van der Waals surface area (Å²) in [4.78, 5) is 33.8. The SMILES string of the molecule is C[CH2][Ge][O]C=C(C(=O)O)[C]([Ge][CH2]C)(C(=O)O)C(=O)O. The topological polar surface area (TPSA) is 121 Å². The molecule has 3 N–H and O–H groups in total. The van der Waals surface area contributed by atoms with Crippen LogP contribution in [0.3, 0.4) is 0 Å². The molecule has 0 aliphatic heterocycles. The maximum atomic E-state index is 11.3. The molecule has 0 amide bonds. The third kappa shape index (κ3) is 4.27. The summed E-state index contributed by atoms with van der Waals surface area (Å²) in [5.41, 5.74) is -0.688. The zero-order valence-corrected chi connectivity index (χ0v) is 14.7. The molecule has 0 saturated carbocycles. The Hall–Kier alpha value is -0.964. The van der Waals surface area contributed by atoms with Crippen molar-refractivity contribution in [3.8, 4) is 0 Å². The number of aliphatic carboxylic acids is 3. The molecule has 104 valence electrons. The van der Waals surface area contributed by atoms with Crippen molar-refractivity contribution in [3.63, 3.8) is 0 Å². The van der Waals surface area contributed by atoms with Gasteiger partial charge in [0.25, 0.3) is 0 Å². The van der Waals surface area contributed by atoms with Crippen molar-refractivity contribution in [2.75, 3.05) is 0 Å². The van der Waals surface area contributed by atoms with Crippen molar-refractivity contribution < 1.29 is 33.5 Å². The van der Waals surface area contributed by atoms with Crippen molar-refractivity contribution in [3.05, 3.63) is 11.8 Å². The van der Waals surface area contributed by atoms with E-state index in [2.05, 4.69) is 0 Å². The second-order valence-electron chi connectivity index (χ2n) is 3.34. The first-order chi connectivity index (χ1) is 8.84. The van der Waals surface area contributed by atoms with Gasteiger partial charge in [-0.1, -0.05) is 0 Å². The Bertz CT molecular complexity index is 377. The molecule has 19 heavy (non-hydrogen) atoms. The van der Waals surface area contributed by atoms with Crippen LogP contribution in [0.1, 0.15) is 13.8 Å². The van der Waals surface area contributed by atoms with Gasteiger partial charge in [-0.25, -0.2) is 0 Å². The summed E-state index contributed by atoms with van der Waals surface area (Å²) in [5.74, 6) is -4.85. The fourth-order valence-corrected chi connectivity index (χ4v) is 4.58. The van der Waals surface area contributed by atoms with Gasteiger partial charge < -0.3 is 0 Å². The van der Waals surface area contributed by atoms with Crippen LogP contribution in [0.5, 0.6) is 0 Å². The summed E-state index contributed by atoms with van der Waals surface area (Å²) in [6, 6.07) is 0. The van der Waals surface area contributed by atoms with E-state index in [4.69, 9.17) is 8.87 Å². The minimum absolute atomic E-state index is 0.341. The molecule has 0 heterocycles. The van der Waals surface area contributed by atoms with Gasteiger partial charge in [0.1, 0.15) is 0 Å². The van der Waals surface area contributed by atoms with Crippen molar-refractivity contribution in [2.24, 2.45) is 0 Å². The molecule has 7 nitrogen and oxygen atoms in total. The molecule has 0 aromatic heterocycles. The van der Waals surface area contributed by atoms with E-state index in [1.54, 1.807) is 6.92 Å². The Morgan fingerprint density at radius 1 is 1.11 bits per heavy atom. The van der Waals surface area contributed by atoms with E-state index in [0.717, 1.165) is 11.5 Å². The molecule has 0 fully saturated rings. The first kappa shape index (κ1) is 18.0. The molecule has 0 saturated heterocycles. The van der Waals surface area contributed by atoms with Crippen LogP contribution >= 0.6 is 0 Å². The van der Waals surface area contributed by atoms with Crippen molar-refractivity contribution in [1.29, 1.82) is 0 Å². The fraction of sp³-hybridized carbons (Fsp3) is 0.500. The Labute approximate surface area is 123 Å². The molecule has 0 spiro atoms. The molecule has 0 atom stereocenters.